The van der Waals surface area contributed by atoms with Crippen molar-refractivity contribution in [3.63, 3.8) is 0 Å². The summed E-state index contributed by atoms with van der Waals surface area (Å²) in [4.78, 5) is 4.01. The molecule has 0 aliphatic rings. The molecular formula is C9H7NO2. The van der Waals surface area contributed by atoms with Gasteiger partial charge in [0.1, 0.15) is 5.75 Å². The van der Waals surface area contributed by atoms with E-state index in [1.54, 1.807) is 24.7 Å². The zero-order chi connectivity index (χ0) is 8.39. The van der Waals surface area contributed by atoms with Crippen LogP contribution in [0.15, 0.2) is 41.3 Å². The summed E-state index contributed by atoms with van der Waals surface area (Å²) in [5, 5.41) is 8.97. The van der Waals surface area contributed by atoms with Crippen molar-refractivity contribution in [2.24, 2.45) is 0 Å². The van der Waals surface area contributed by atoms with Gasteiger partial charge in [-0.05, 0) is 18.2 Å². The van der Waals surface area contributed by atoms with Crippen LogP contribution in [0.1, 0.15) is 0 Å². The minimum atomic E-state index is 0.169. The maximum Gasteiger partial charge on any atom is 0.133 e. The minimum Gasteiger partial charge on any atom is -0.506 e. The van der Waals surface area contributed by atoms with E-state index in [1.165, 1.54) is 6.20 Å². The number of rotatable bonds is 1. The Morgan fingerprint density at radius 1 is 1.25 bits per heavy atom. The van der Waals surface area contributed by atoms with Gasteiger partial charge in [-0.3, -0.25) is 4.98 Å². The first-order chi connectivity index (χ1) is 5.86. The molecule has 0 radical (unpaired) electrons. The number of aromatic hydroxyl groups is 1. The van der Waals surface area contributed by atoms with E-state index >= 15 is 0 Å². The molecule has 0 aromatic carbocycles. The SMILES string of the molecule is Oc1ccc(-c2ccoc2)nc1. The summed E-state index contributed by atoms with van der Waals surface area (Å²) < 4.78 is 4.90. The molecule has 2 rings (SSSR count). The molecule has 3 nitrogen and oxygen atoms in total. The summed E-state index contributed by atoms with van der Waals surface area (Å²) in [5.74, 6) is 0.169. The van der Waals surface area contributed by atoms with Crippen LogP contribution < -0.4 is 0 Å². The number of furan rings is 1. The van der Waals surface area contributed by atoms with Gasteiger partial charge in [0.2, 0.25) is 0 Å². The second kappa shape index (κ2) is 2.70. The highest BCUT2D eigenvalue weighted by Gasteiger charge is 1.98. The Kier molecular flexibility index (Phi) is 1.55. The lowest BCUT2D eigenvalue weighted by molar-refractivity contribution is 0.473. The Labute approximate surface area is 69.3 Å². The normalized spacial score (nSPS) is 10.0. The van der Waals surface area contributed by atoms with Gasteiger partial charge >= 0.3 is 0 Å². The van der Waals surface area contributed by atoms with Crippen molar-refractivity contribution in [1.29, 1.82) is 0 Å². The number of aromatic nitrogens is 1. The molecule has 2 aromatic heterocycles. The van der Waals surface area contributed by atoms with E-state index in [-0.39, 0.29) is 5.75 Å². The fourth-order valence-corrected chi connectivity index (χ4v) is 0.967. The molecular weight excluding hydrogens is 154 g/mol. The third-order valence-electron chi connectivity index (χ3n) is 1.56. The Bertz CT molecular complexity index is 351. The molecule has 0 fully saturated rings. The molecule has 0 saturated carbocycles. The van der Waals surface area contributed by atoms with Gasteiger partial charge in [-0.1, -0.05) is 0 Å². The summed E-state index contributed by atoms with van der Waals surface area (Å²) in [5.41, 5.74) is 1.71. The fourth-order valence-electron chi connectivity index (χ4n) is 0.967. The first kappa shape index (κ1) is 6.91. The van der Waals surface area contributed by atoms with Gasteiger partial charge < -0.3 is 9.52 Å². The van der Waals surface area contributed by atoms with Crippen LogP contribution in [0.2, 0.25) is 0 Å². The maximum absolute atomic E-state index is 8.97. The largest absolute Gasteiger partial charge is 0.506 e. The molecule has 12 heavy (non-hydrogen) atoms. The highest BCUT2D eigenvalue weighted by atomic mass is 16.3. The zero-order valence-electron chi connectivity index (χ0n) is 6.27. The molecule has 1 N–H and O–H groups in total. The summed E-state index contributed by atoms with van der Waals surface area (Å²) >= 11 is 0. The van der Waals surface area contributed by atoms with Crippen LogP contribution in [0.4, 0.5) is 0 Å². The smallest absolute Gasteiger partial charge is 0.133 e. The molecule has 0 aliphatic heterocycles. The van der Waals surface area contributed by atoms with Gasteiger partial charge in [0.25, 0.3) is 0 Å². The molecule has 0 unspecified atom stereocenters. The van der Waals surface area contributed by atoms with Crippen molar-refractivity contribution >= 4 is 0 Å². The van der Waals surface area contributed by atoms with E-state index < -0.39 is 0 Å². The van der Waals surface area contributed by atoms with Crippen LogP contribution >= 0.6 is 0 Å². The second-order valence-corrected chi connectivity index (χ2v) is 2.41. The maximum atomic E-state index is 8.97. The quantitative estimate of drug-likeness (QED) is 0.696. The summed E-state index contributed by atoms with van der Waals surface area (Å²) in [7, 11) is 0. The summed E-state index contributed by atoms with van der Waals surface area (Å²) in [6, 6.07) is 5.15. The first-order valence-electron chi connectivity index (χ1n) is 3.54. The van der Waals surface area contributed by atoms with Crippen molar-refractivity contribution in [2.45, 2.75) is 0 Å². The molecule has 0 aliphatic carbocycles. The van der Waals surface area contributed by atoms with Gasteiger partial charge in [-0.25, -0.2) is 0 Å². The number of pyridine rings is 1. The van der Waals surface area contributed by atoms with Crippen LogP contribution in [0.5, 0.6) is 5.75 Å². The van der Waals surface area contributed by atoms with E-state index in [4.69, 9.17) is 9.52 Å². The Hall–Kier alpha value is -1.77. The lowest BCUT2D eigenvalue weighted by atomic mass is 10.2. The summed E-state index contributed by atoms with van der Waals surface area (Å²) in [6.07, 6.45) is 4.60. The Morgan fingerprint density at radius 3 is 2.75 bits per heavy atom. The standard InChI is InChI=1S/C9H7NO2/c11-8-1-2-9(10-5-8)7-3-4-12-6-7/h1-6,11H. The predicted molar refractivity (Wildman–Crippen MR) is 43.6 cm³/mol. The van der Waals surface area contributed by atoms with Gasteiger partial charge in [0, 0.05) is 5.56 Å². The number of hydrogen-bond acceptors (Lipinski definition) is 3. The molecule has 0 atom stereocenters. The highest BCUT2D eigenvalue weighted by Crippen LogP contribution is 2.18. The molecule has 2 aromatic rings. The Balaban J connectivity index is 2.43. The number of nitrogens with zero attached hydrogens (tertiary/aromatic N) is 1. The van der Waals surface area contributed by atoms with E-state index in [9.17, 15) is 0 Å². The lowest BCUT2D eigenvalue weighted by Crippen LogP contribution is -1.78. The van der Waals surface area contributed by atoms with Crippen molar-refractivity contribution in [2.75, 3.05) is 0 Å². The van der Waals surface area contributed by atoms with Crippen molar-refractivity contribution in [3.8, 4) is 17.0 Å². The third kappa shape index (κ3) is 1.16. The third-order valence-corrected chi connectivity index (χ3v) is 1.56. The van der Waals surface area contributed by atoms with Crippen molar-refractivity contribution in [3.05, 3.63) is 36.9 Å². The minimum absolute atomic E-state index is 0.169. The molecule has 0 bridgehead atoms. The average molecular weight is 161 g/mol. The van der Waals surface area contributed by atoms with E-state index in [2.05, 4.69) is 4.98 Å². The van der Waals surface area contributed by atoms with Crippen LogP contribution in [0.3, 0.4) is 0 Å². The van der Waals surface area contributed by atoms with Crippen LogP contribution in [0, 0.1) is 0 Å². The van der Waals surface area contributed by atoms with Gasteiger partial charge in [-0.15, -0.1) is 0 Å². The molecule has 2 heterocycles. The molecule has 3 heteroatoms. The van der Waals surface area contributed by atoms with Crippen LogP contribution in [0.25, 0.3) is 11.3 Å². The van der Waals surface area contributed by atoms with Gasteiger partial charge in [0.05, 0.1) is 24.4 Å². The van der Waals surface area contributed by atoms with E-state index in [0.717, 1.165) is 11.3 Å². The zero-order valence-corrected chi connectivity index (χ0v) is 6.27. The van der Waals surface area contributed by atoms with E-state index in [0.29, 0.717) is 0 Å². The second-order valence-electron chi connectivity index (χ2n) is 2.41. The molecule has 0 spiro atoms. The summed E-state index contributed by atoms with van der Waals surface area (Å²) in [6.45, 7) is 0. The van der Waals surface area contributed by atoms with Gasteiger partial charge in [-0.2, -0.15) is 0 Å². The highest BCUT2D eigenvalue weighted by molar-refractivity contribution is 5.57. The predicted octanol–water partition coefficient (Wildman–Crippen LogP) is 2.05. The monoisotopic (exact) mass is 161 g/mol. The number of hydrogen-bond donors (Lipinski definition) is 1. The van der Waals surface area contributed by atoms with Gasteiger partial charge in [0.15, 0.2) is 0 Å². The Morgan fingerprint density at radius 2 is 2.17 bits per heavy atom. The molecule has 0 amide bonds. The fraction of sp³-hybridized carbons (Fsp3) is 0. The molecule has 60 valence electrons. The van der Waals surface area contributed by atoms with Crippen LogP contribution in [-0.2, 0) is 0 Å². The first-order valence-corrected chi connectivity index (χ1v) is 3.54. The lowest BCUT2D eigenvalue weighted by Gasteiger charge is -1.94. The topological polar surface area (TPSA) is 46.3 Å². The molecule has 0 saturated heterocycles. The van der Waals surface area contributed by atoms with Crippen molar-refractivity contribution in [1.82, 2.24) is 4.98 Å². The van der Waals surface area contributed by atoms with Crippen molar-refractivity contribution < 1.29 is 9.52 Å². The van der Waals surface area contributed by atoms with E-state index in [1.807, 2.05) is 6.07 Å². The van der Waals surface area contributed by atoms with Crippen LogP contribution in [-0.4, -0.2) is 10.1 Å². The average Bonchev–Trinajstić information content (AvgIpc) is 2.58.